The fraction of sp³-hybridized carbons (Fsp3) is 0.127. The van der Waals surface area contributed by atoms with Gasteiger partial charge in [0.25, 0.3) is 0 Å². The minimum atomic E-state index is -1.20. The molecule has 18 heteroatoms. The summed E-state index contributed by atoms with van der Waals surface area (Å²) >= 11 is 15.5. The van der Waals surface area contributed by atoms with Gasteiger partial charge >= 0.3 is 60.8 Å². The fourth-order valence-electron chi connectivity index (χ4n) is 6.61. The quantitative estimate of drug-likeness (QED) is 0.0394. The molecule has 0 saturated heterocycles. The van der Waals surface area contributed by atoms with E-state index in [0.29, 0.717) is 0 Å². The molecular formula is C55H52BrCl3Li2MgO8P2S. The molecule has 0 aliphatic carbocycles. The summed E-state index contributed by atoms with van der Waals surface area (Å²) in [5.74, 6) is 3.41. The first-order valence-corrected chi connectivity index (χ1v) is 27.0. The second-order valence-electron chi connectivity index (χ2n) is 13.7. The van der Waals surface area contributed by atoms with E-state index < -0.39 is 13.9 Å². The van der Waals surface area contributed by atoms with Crippen LogP contribution < -0.4 is 99.0 Å². The summed E-state index contributed by atoms with van der Waals surface area (Å²) in [5.41, 5.74) is 4.99. The van der Waals surface area contributed by atoms with Gasteiger partial charge in [0, 0.05) is 21.3 Å². The van der Waals surface area contributed by atoms with Crippen LogP contribution in [-0.2, 0) is 4.33 Å². The number of hydrogen-bond acceptors (Lipinski definition) is 9. The molecule has 1 N–H and O–H groups in total. The molecule has 0 spiro atoms. The molecular weight excluding hydrogens is 1110 g/mol. The van der Waals surface area contributed by atoms with Crippen molar-refractivity contribution in [1.82, 2.24) is 0 Å². The van der Waals surface area contributed by atoms with Crippen LogP contribution in [0, 0.1) is 25.1 Å². The van der Waals surface area contributed by atoms with Gasteiger partial charge in [-0.1, -0.05) is 113 Å². The summed E-state index contributed by atoms with van der Waals surface area (Å²) in [6, 6.07) is 68.0. The van der Waals surface area contributed by atoms with Crippen LogP contribution >= 0.6 is 59.7 Å². The maximum atomic E-state index is 9.25. The Morgan fingerprint density at radius 2 is 0.877 bits per heavy atom. The normalized spacial score (nSPS) is 9.86. The molecule has 8 aromatic rings. The number of rotatable bonds is 13. The van der Waals surface area contributed by atoms with Crippen LogP contribution in [0.4, 0.5) is 0 Å². The summed E-state index contributed by atoms with van der Waals surface area (Å²) in [5, 5.41) is 12.4. The van der Waals surface area contributed by atoms with E-state index in [4.69, 9.17) is 62.1 Å². The van der Waals surface area contributed by atoms with Crippen molar-refractivity contribution in [3.63, 3.8) is 0 Å². The number of methoxy groups -OCH3 is 6. The van der Waals surface area contributed by atoms with E-state index in [-0.39, 0.29) is 77.8 Å². The average molecular weight is 1160 g/mol. The number of aryl methyl sites for hydroxylation is 1. The van der Waals surface area contributed by atoms with Crippen LogP contribution in [-0.4, -0.2) is 71.0 Å². The number of benzene rings is 8. The van der Waals surface area contributed by atoms with Gasteiger partial charge < -0.3 is 45.4 Å². The minimum absolute atomic E-state index is 0. The number of hydrogen-bond donors (Lipinski definition) is 1. The van der Waals surface area contributed by atoms with E-state index in [0.717, 1.165) is 89.6 Å². The zero-order valence-electron chi connectivity index (χ0n) is 42.1. The average Bonchev–Trinajstić information content (AvgIpc) is 3.40. The first kappa shape index (κ1) is 70.0. The molecule has 1 atom stereocenters. The minimum Gasteiger partial charge on any atom is -1.00 e. The summed E-state index contributed by atoms with van der Waals surface area (Å²) in [6.07, 6.45) is 0. The van der Waals surface area contributed by atoms with E-state index in [1.807, 2.05) is 165 Å². The van der Waals surface area contributed by atoms with Crippen molar-refractivity contribution in [2.24, 2.45) is 0 Å². The summed E-state index contributed by atoms with van der Waals surface area (Å²) in [6.45, 7) is 2.03. The van der Waals surface area contributed by atoms with Gasteiger partial charge in [0.15, 0.2) is 5.98 Å². The van der Waals surface area contributed by atoms with E-state index in [1.165, 1.54) is 5.56 Å². The maximum absolute atomic E-state index is 9.25. The largest absolute Gasteiger partial charge is 2.00 e. The van der Waals surface area contributed by atoms with Crippen molar-refractivity contribution < 1.29 is 92.7 Å². The molecule has 0 bridgehead atoms. The van der Waals surface area contributed by atoms with E-state index in [1.54, 1.807) is 42.7 Å². The van der Waals surface area contributed by atoms with Crippen molar-refractivity contribution in [2.75, 3.05) is 42.7 Å². The Balaban J connectivity index is 0.00000109. The van der Waals surface area contributed by atoms with Crippen LogP contribution in [0.25, 0.3) is 22.3 Å². The fourth-order valence-corrected chi connectivity index (χ4v) is 9.95. The first-order valence-electron chi connectivity index (χ1n) is 20.9. The van der Waals surface area contributed by atoms with Crippen LogP contribution in [0.15, 0.2) is 187 Å². The third-order valence-corrected chi connectivity index (χ3v) is 12.9. The Hall–Kier alpha value is -3.00. The van der Waals surface area contributed by atoms with Crippen molar-refractivity contribution in [1.29, 1.82) is 0 Å². The van der Waals surface area contributed by atoms with Crippen LogP contribution in [0.2, 0.25) is 0 Å². The molecule has 73 heavy (non-hydrogen) atoms. The van der Waals surface area contributed by atoms with E-state index in [2.05, 4.69) is 46.8 Å². The second kappa shape index (κ2) is 40.3. The molecule has 8 nitrogen and oxygen atoms in total. The zero-order valence-corrected chi connectivity index (χ0v) is 50.0. The molecule has 8 aromatic carbocycles. The third-order valence-electron chi connectivity index (χ3n) is 9.57. The van der Waals surface area contributed by atoms with Crippen LogP contribution in [0.3, 0.4) is 0 Å². The molecule has 0 saturated carbocycles. The molecule has 0 amide bonds. The topological polar surface area (TPSA) is 84.8 Å². The first-order chi connectivity index (χ1) is 33.6. The zero-order chi connectivity index (χ0) is 49.8. The number of ether oxygens (including phenoxy) is 6. The molecule has 0 aromatic heterocycles. The smallest absolute Gasteiger partial charge is 1.00 e. The molecule has 0 fully saturated rings. The summed E-state index contributed by atoms with van der Waals surface area (Å²) in [7, 11) is 8.81. The Morgan fingerprint density at radius 3 is 1.30 bits per heavy atom. The molecule has 0 radical (unpaired) electrons. The molecule has 368 valence electrons. The number of halogens is 4. The van der Waals surface area contributed by atoms with Crippen LogP contribution in [0.1, 0.15) is 5.56 Å². The Bertz CT molecular complexity index is 2670. The summed E-state index contributed by atoms with van der Waals surface area (Å²) in [4.78, 5) is 0.823. The standard InChI is InChI=1S/C27H25O5PS.C14H13O2.C7H7O.C7H7.BrH.Cl3P.2Li.Mg/c1-29-20-12-5-7-16-24(20)33(25-17-8-9-18-26(25)34-32-28)23-15-6-4-11-19(23)27-21(30-2)13-10-14-22(27)31-3;1-15-12-9-6-10-13(16-2)14(12)11-7-4-3-5-8-11;1-8-7-5-3-2-4-6-7;1-7-5-3-2-4-6-7;;1-4(2)3;;;/h4-18,28H,1-3H3;3-7,9-10H,1-2H3;2-5H,1H3;2-5H,1H3;1H;;;;/q;3*-1;;;2*+1;+2/p-1. The van der Waals surface area contributed by atoms with Crippen molar-refractivity contribution in [3.8, 4) is 56.8 Å². The number of para-hydroxylation sites is 2. The van der Waals surface area contributed by atoms with E-state index in [9.17, 15) is 5.26 Å². The van der Waals surface area contributed by atoms with Gasteiger partial charge in [0.1, 0.15) is 17.2 Å². The van der Waals surface area contributed by atoms with Crippen LogP contribution in [0.5, 0.6) is 34.5 Å². The van der Waals surface area contributed by atoms with Crippen molar-refractivity contribution in [3.05, 3.63) is 206 Å². The second-order valence-corrected chi connectivity index (χ2v) is 21.5. The van der Waals surface area contributed by atoms with Gasteiger partial charge in [0.2, 0.25) is 0 Å². The van der Waals surface area contributed by atoms with Gasteiger partial charge in [-0.25, -0.2) is 5.26 Å². The molecule has 0 aliphatic rings. The molecule has 8 rings (SSSR count). The summed E-state index contributed by atoms with van der Waals surface area (Å²) < 4.78 is 37.3. The predicted octanol–water partition coefficient (Wildman–Crippen LogP) is 5.66. The molecule has 0 heterocycles. The van der Waals surface area contributed by atoms with Gasteiger partial charge in [-0.2, -0.15) is 58.4 Å². The van der Waals surface area contributed by atoms with E-state index >= 15 is 0 Å². The van der Waals surface area contributed by atoms with Gasteiger partial charge in [-0.3, -0.25) is 0 Å². The SMILES string of the molecule is COc1[c-]cccc1.COc1cccc(OC)c1-c1[c-]cccc1.COc1ccccc1P(c1ccccc1SOO)c1ccccc1-c1c(OC)cccc1OC.Cc1[c-]cccc1.ClP(Cl)Cl.[Br-].[Li+].[Li+].[Mg+2]. The Kier molecular flexibility index (Phi) is 38.6. The maximum Gasteiger partial charge on any atom is 2.00 e. The molecule has 0 aliphatic heterocycles. The third kappa shape index (κ3) is 22.6. The molecule has 1 unspecified atom stereocenters. The Morgan fingerprint density at radius 1 is 0.452 bits per heavy atom. The Labute approximate surface area is 503 Å². The monoisotopic (exact) mass is 1160 g/mol. The van der Waals surface area contributed by atoms with Crippen molar-refractivity contribution in [2.45, 2.75) is 11.8 Å². The predicted molar refractivity (Wildman–Crippen MR) is 296 cm³/mol. The van der Waals surface area contributed by atoms with Crippen molar-refractivity contribution >= 4 is 98.6 Å². The van der Waals surface area contributed by atoms with Gasteiger partial charge in [-0.05, 0) is 60.8 Å². The van der Waals surface area contributed by atoms with Gasteiger partial charge in [-0.15, -0.1) is 48.0 Å². The van der Waals surface area contributed by atoms with Gasteiger partial charge in [0.05, 0.1) is 71.8 Å².